The molecule has 0 radical (unpaired) electrons. The lowest BCUT2D eigenvalue weighted by molar-refractivity contribution is -0.123. The van der Waals surface area contributed by atoms with E-state index in [0.717, 1.165) is 77.0 Å². The van der Waals surface area contributed by atoms with E-state index in [4.69, 9.17) is 14.8 Å². The molecule has 0 rings (SSSR count). The van der Waals surface area contributed by atoms with Gasteiger partial charge in [-0.25, -0.2) is 4.57 Å². The maximum atomic E-state index is 12.7. The lowest BCUT2D eigenvalue weighted by Crippen LogP contribution is -2.45. The summed E-state index contributed by atoms with van der Waals surface area (Å²) < 4.78 is 22.0. The van der Waals surface area contributed by atoms with Crippen LogP contribution in [-0.2, 0) is 18.4 Å². The number of carbonyl (C=O) groups is 1. The first kappa shape index (κ1) is 46.2. The number of carbonyl (C=O) groups excluding carboxylic acids is 1. The van der Waals surface area contributed by atoms with Crippen molar-refractivity contribution >= 4 is 13.7 Å². The summed E-state index contributed by atoms with van der Waals surface area (Å²) in [7, 11) is -4.35. The van der Waals surface area contributed by atoms with E-state index in [0.29, 0.717) is 6.42 Å². The highest BCUT2D eigenvalue weighted by atomic mass is 31.2. The van der Waals surface area contributed by atoms with Gasteiger partial charge in [0.05, 0.1) is 25.4 Å². The molecule has 3 atom stereocenters. The van der Waals surface area contributed by atoms with E-state index < -0.39 is 20.0 Å². The second kappa shape index (κ2) is 35.0. The van der Waals surface area contributed by atoms with Gasteiger partial charge in [0.15, 0.2) is 0 Å². The Morgan fingerprint density at radius 3 is 1.77 bits per heavy atom. The van der Waals surface area contributed by atoms with E-state index in [-0.39, 0.29) is 25.7 Å². The molecule has 0 spiro atoms. The number of phosphoric ester groups is 1. The number of phosphoric acid groups is 1. The van der Waals surface area contributed by atoms with Crippen molar-refractivity contribution in [3.8, 4) is 0 Å². The minimum atomic E-state index is -4.35. The topological polar surface area (TPSA) is 131 Å². The standard InChI is InChI=1S/C39H71N2O6P/c1-3-5-7-9-11-13-15-17-18-19-21-23-25-27-29-31-33-39(43)41-37(36-47-48(44,45)46-35-34-40)38(42)32-30-28-26-24-22-20-16-14-12-10-8-6-4-2/h12-15,18-19,22,24,30,32,37-38,42H,3-11,16-17,20-21,23,25-29,31,33-36,40H2,1-2H3,(H,41,43)(H,44,45)/b14-12+,15-13-,19-18-,24-22+,32-30+. The molecule has 3 unspecified atom stereocenters. The molecule has 0 bridgehead atoms. The van der Waals surface area contributed by atoms with E-state index in [1.54, 1.807) is 6.08 Å². The molecule has 9 heteroatoms. The summed E-state index contributed by atoms with van der Waals surface area (Å²) in [5, 5.41) is 13.6. The zero-order chi connectivity index (χ0) is 35.4. The Hall–Kier alpha value is -1.80. The van der Waals surface area contributed by atoms with Crippen LogP contribution in [0.4, 0.5) is 0 Å². The summed E-state index contributed by atoms with van der Waals surface area (Å²) in [5.74, 6) is -0.226. The van der Waals surface area contributed by atoms with Gasteiger partial charge in [-0.2, -0.15) is 0 Å². The highest BCUT2D eigenvalue weighted by Crippen LogP contribution is 2.43. The average Bonchev–Trinajstić information content (AvgIpc) is 3.07. The molecule has 0 heterocycles. The molecule has 48 heavy (non-hydrogen) atoms. The fourth-order valence-corrected chi connectivity index (χ4v) is 5.66. The third-order valence-corrected chi connectivity index (χ3v) is 8.78. The second-order valence-corrected chi connectivity index (χ2v) is 13.9. The lowest BCUT2D eigenvalue weighted by atomic mass is 10.1. The molecule has 0 saturated heterocycles. The number of unbranched alkanes of at least 4 members (excludes halogenated alkanes) is 14. The lowest BCUT2D eigenvalue weighted by Gasteiger charge is -2.23. The molecule has 0 aromatic heterocycles. The monoisotopic (exact) mass is 695 g/mol. The van der Waals surface area contributed by atoms with E-state index in [2.05, 4.69) is 67.8 Å². The Bertz CT molecular complexity index is 933. The Morgan fingerprint density at radius 1 is 0.688 bits per heavy atom. The second-order valence-electron chi connectivity index (χ2n) is 12.4. The normalized spacial score (nSPS) is 15.0. The van der Waals surface area contributed by atoms with E-state index in [1.807, 2.05) is 6.08 Å². The van der Waals surface area contributed by atoms with Crippen LogP contribution in [0.25, 0.3) is 0 Å². The van der Waals surface area contributed by atoms with Gasteiger partial charge in [-0.05, 0) is 77.0 Å². The highest BCUT2D eigenvalue weighted by molar-refractivity contribution is 7.47. The molecule has 0 aliphatic carbocycles. The molecular formula is C39H71N2O6P. The van der Waals surface area contributed by atoms with Gasteiger partial charge in [-0.15, -0.1) is 0 Å². The van der Waals surface area contributed by atoms with Gasteiger partial charge in [0.2, 0.25) is 5.91 Å². The van der Waals surface area contributed by atoms with Crippen molar-refractivity contribution in [1.82, 2.24) is 5.32 Å². The summed E-state index contributed by atoms with van der Waals surface area (Å²) >= 11 is 0. The Morgan fingerprint density at radius 2 is 1.17 bits per heavy atom. The van der Waals surface area contributed by atoms with E-state index in [1.165, 1.54) is 51.4 Å². The molecule has 1 amide bonds. The molecule has 278 valence electrons. The Balaban J connectivity index is 4.42. The maximum Gasteiger partial charge on any atom is 0.472 e. The van der Waals surface area contributed by atoms with Crippen LogP contribution in [0.1, 0.15) is 149 Å². The van der Waals surface area contributed by atoms with Gasteiger partial charge in [0, 0.05) is 13.0 Å². The molecule has 5 N–H and O–H groups in total. The smallest absolute Gasteiger partial charge is 0.387 e. The van der Waals surface area contributed by atoms with Crippen molar-refractivity contribution in [2.24, 2.45) is 5.73 Å². The fraction of sp³-hybridized carbons (Fsp3) is 0.718. The summed E-state index contributed by atoms with van der Waals surface area (Å²) in [6, 6.07) is -0.891. The molecule has 0 aromatic rings. The number of nitrogens with two attached hydrogens (primary N) is 1. The predicted molar refractivity (Wildman–Crippen MR) is 203 cm³/mol. The number of rotatable bonds is 34. The maximum absolute atomic E-state index is 12.7. The average molecular weight is 695 g/mol. The van der Waals surface area contributed by atoms with Crippen molar-refractivity contribution in [2.75, 3.05) is 19.8 Å². The van der Waals surface area contributed by atoms with Gasteiger partial charge >= 0.3 is 7.82 Å². The van der Waals surface area contributed by atoms with Crippen molar-refractivity contribution in [3.63, 3.8) is 0 Å². The van der Waals surface area contributed by atoms with E-state index >= 15 is 0 Å². The number of amides is 1. The Labute approximate surface area is 294 Å². The van der Waals surface area contributed by atoms with Crippen LogP contribution < -0.4 is 11.1 Å². The van der Waals surface area contributed by atoms with Gasteiger partial charge in [-0.3, -0.25) is 13.8 Å². The largest absolute Gasteiger partial charge is 0.472 e. The van der Waals surface area contributed by atoms with Crippen LogP contribution >= 0.6 is 7.82 Å². The van der Waals surface area contributed by atoms with Crippen molar-refractivity contribution in [1.29, 1.82) is 0 Å². The van der Waals surface area contributed by atoms with Crippen molar-refractivity contribution in [2.45, 2.75) is 161 Å². The van der Waals surface area contributed by atoms with E-state index in [9.17, 15) is 19.4 Å². The van der Waals surface area contributed by atoms with Crippen LogP contribution in [0.5, 0.6) is 0 Å². The summed E-state index contributed by atoms with van der Waals surface area (Å²) in [4.78, 5) is 22.6. The van der Waals surface area contributed by atoms with Gasteiger partial charge < -0.3 is 21.1 Å². The molecule has 0 aliphatic rings. The minimum Gasteiger partial charge on any atom is -0.387 e. The molecule has 0 aliphatic heterocycles. The SMILES string of the molecule is CCCCC/C=C/CC/C=C/CC/C=C/C(O)C(COP(=O)(O)OCCN)NC(=O)CCCCCCC/C=C\C/C=C\CCCCCC. The first-order chi connectivity index (χ1) is 23.4. The number of aliphatic hydroxyl groups excluding tert-OH is 1. The van der Waals surface area contributed by atoms with Crippen LogP contribution in [0.15, 0.2) is 60.8 Å². The van der Waals surface area contributed by atoms with Crippen molar-refractivity contribution in [3.05, 3.63) is 60.8 Å². The number of aliphatic hydroxyl groups is 1. The number of hydrogen-bond acceptors (Lipinski definition) is 6. The first-order valence-corrected chi connectivity index (χ1v) is 20.4. The van der Waals surface area contributed by atoms with Crippen molar-refractivity contribution < 1.29 is 28.4 Å². The quantitative estimate of drug-likeness (QED) is 0.0300. The number of hydrogen-bond donors (Lipinski definition) is 4. The summed E-state index contributed by atoms with van der Waals surface area (Å²) in [6.45, 7) is 4.01. The van der Waals surface area contributed by atoms with Crippen LogP contribution in [0, 0.1) is 0 Å². The molecule has 8 nitrogen and oxygen atoms in total. The Kier molecular flexibility index (Phi) is 33.7. The zero-order valence-electron chi connectivity index (χ0n) is 30.5. The fourth-order valence-electron chi connectivity index (χ4n) is 4.90. The van der Waals surface area contributed by atoms with Gasteiger partial charge in [0.1, 0.15) is 0 Å². The third-order valence-electron chi connectivity index (χ3n) is 7.79. The zero-order valence-corrected chi connectivity index (χ0v) is 31.3. The van der Waals surface area contributed by atoms with Crippen LogP contribution in [0.3, 0.4) is 0 Å². The predicted octanol–water partition coefficient (Wildman–Crippen LogP) is 9.94. The molecule has 0 fully saturated rings. The molecule has 0 saturated carbocycles. The van der Waals surface area contributed by atoms with Gasteiger partial charge in [-0.1, -0.05) is 126 Å². The summed E-state index contributed by atoms with van der Waals surface area (Å²) in [6.07, 6.45) is 42.6. The number of allylic oxidation sites excluding steroid dienone is 9. The van der Waals surface area contributed by atoms with Crippen LogP contribution in [-0.4, -0.2) is 47.8 Å². The molecule has 0 aromatic carbocycles. The third kappa shape index (κ3) is 32.7. The summed E-state index contributed by atoms with van der Waals surface area (Å²) in [5.41, 5.74) is 5.35. The van der Waals surface area contributed by atoms with Crippen LogP contribution in [0.2, 0.25) is 0 Å². The molecular weight excluding hydrogens is 623 g/mol. The van der Waals surface area contributed by atoms with Gasteiger partial charge in [0.25, 0.3) is 0 Å². The number of nitrogens with one attached hydrogen (secondary N) is 1. The minimum absolute atomic E-state index is 0.0667. The first-order valence-electron chi connectivity index (χ1n) is 18.9. The highest BCUT2D eigenvalue weighted by Gasteiger charge is 2.26.